The van der Waals surface area contributed by atoms with Crippen LogP contribution in [0.25, 0.3) is 0 Å². The maximum Gasteiger partial charge on any atom is 0.408 e. The Morgan fingerprint density at radius 2 is 1.64 bits per heavy atom. The molecule has 1 aromatic rings. The van der Waals surface area contributed by atoms with Crippen LogP contribution in [0.2, 0.25) is 0 Å². The minimum atomic E-state index is -0.836. The van der Waals surface area contributed by atoms with Gasteiger partial charge in [-0.15, -0.1) is 0 Å². The first-order valence-corrected chi connectivity index (χ1v) is 11.8. The zero-order chi connectivity index (χ0) is 25.1. The molecule has 0 heterocycles. The Bertz CT molecular complexity index is 879. The summed E-state index contributed by atoms with van der Waals surface area (Å²) in [7, 11) is 0. The maximum absolute atomic E-state index is 13.7. The van der Waals surface area contributed by atoms with Gasteiger partial charge in [0.1, 0.15) is 17.7 Å². The Balaban J connectivity index is 2.43. The molecule has 2 atom stereocenters. The van der Waals surface area contributed by atoms with E-state index in [4.69, 9.17) is 4.74 Å². The summed E-state index contributed by atoms with van der Waals surface area (Å²) >= 11 is 0. The molecule has 0 bridgehead atoms. The molecule has 2 unspecified atom stereocenters. The first-order chi connectivity index (χ1) is 15.1. The fraction of sp³-hybridized carbons (Fsp3) is 0.654. The molecule has 0 radical (unpaired) electrons. The molecule has 2 rings (SSSR count). The molecule has 7 nitrogen and oxygen atoms in total. The van der Waals surface area contributed by atoms with Crippen LogP contribution in [0.15, 0.2) is 18.2 Å². The van der Waals surface area contributed by atoms with Crippen LogP contribution in [0.4, 0.5) is 4.79 Å². The molecule has 0 spiro atoms. The number of alkyl carbamates (subject to hydrolysis) is 1. The summed E-state index contributed by atoms with van der Waals surface area (Å²) < 4.78 is 5.33. The standard InChI is InChI=1S/C26H41N3O4/c1-16-13-14-19(15-17(16)2)21(22(30)28-25(4,5)6)29(20-11-10-12-20)23(31)18(3)27-24(32)33-26(7,8)9/h13-15,18,20-21H,10-12H2,1-9H3,(H,27,32)(H,28,30). The fourth-order valence-electron chi connectivity index (χ4n) is 3.76. The lowest BCUT2D eigenvalue weighted by Gasteiger charge is -2.44. The highest BCUT2D eigenvalue weighted by Crippen LogP contribution is 2.34. The smallest absolute Gasteiger partial charge is 0.408 e. The molecule has 1 aromatic carbocycles. The van der Waals surface area contributed by atoms with Gasteiger partial charge in [0.05, 0.1) is 0 Å². The molecule has 7 heteroatoms. The minimum absolute atomic E-state index is 0.0577. The summed E-state index contributed by atoms with van der Waals surface area (Å²) in [6.07, 6.45) is 2.01. The van der Waals surface area contributed by atoms with Gasteiger partial charge in [0.2, 0.25) is 11.8 Å². The van der Waals surface area contributed by atoms with Crippen molar-refractivity contribution in [2.45, 2.75) is 111 Å². The first kappa shape index (κ1) is 26.7. The number of aryl methyl sites for hydroxylation is 2. The van der Waals surface area contributed by atoms with Crippen LogP contribution in [0.5, 0.6) is 0 Å². The summed E-state index contributed by atoms with van der Waals surface area (Å²) in [5, 5.41) is 5.71. The van der Waals surface area contributed by atoms with E-state index < -0.39 is 29.3 Å². The van der Waals surface area contributed by atoms with Crippen LogP contribution in [-0.2, 0) is 14.3 Å². The fourth-order valence-corrected chi connectivity index (χ4v) is 3.76. The second-order valence-electron chi connectivity index (χ2n) is 11.2. The number of benzene rings is 1. The maximum atomic E-state index is 13.7. The molecule has 1 aliphatic rings. The van der Waals surface area contributed by atoms with Crippen molar-refractivity contribution >= 4 is 17.9 Å². The molecule has 0 aliphatic heterocycles. The quantitative estimate of drug-likeness (QED) is 0.653. The second-order valence-corrected chi connectivity index (χ2v) is 11.2. The van der Waals surface area contributed by atoms with E-state index in [0.29, 0.717) is 0 Å². The Morgan fingerprint density at radius 3 is 2.09 bits per heavy atom. The van der Waals surface area contributed by atoms with Gasteiger partial charge in [-0.1, -0.05) is 18.2 Å². The van der Waals surface area contributed by atoms with E-state index in [1.54, 1.807) is 32.6 Å². The highest BCUT2D eigenvalue weighted by atomic mass is 16.6. The molecule has 1 fully saturated rings. The van der Waals surface area contributed by atoms with Crippen molar-refractivity contribution in [3.8, 4) is 0 Å². The predicted molar refractivity (Wildman–Crippen MR) is 130 cm³/mol. The zero-order valence-corrected chi connectivity index (χ0v) is 21.7. The van der Waals surface area contributed by atoms with Crippen molar-refractivity contribution in [1.29, 1.82) is 0 Å². The SMILES string of the molecule is Cc1ccc(C(C(=O)NC(C)(C)C)N(C(=O)C(C)NC(=O)OC(C)(C)C)C2CCC2)cc1C. The summed E-state index contributed by atoms with van der Waals surface area (Å²) in [5.74, 6) is -0.520. The molecule has 0 saturated heterocycles. The van der Waals surface area contributed by atoms with Gasteiger partial charge in [-0.2, -0.15) is 0 Å². The topological polar surface area (TPSA) is 87.7 Å². The van der Waals surface area contributed by atoms with E-state index in [-0.39, 0.29) is 17.9 Å². The normalized spacial score (nSPS) is 16.3. The minimum Gasteiger partial charge on any atom is -0.444 e. The van der Waals surface area contributed by atoms with E-state index >= 15 is 0 Å². The Hall–Kier alpha value is -2.57. The van der Waals surface area contributed by atoms with Crippen molar-refractivity contribution < 1.29 is 19.1 Å². The molecule has 2 N–H and O–H groups in total. The first-order valence-electron chi connectivity index (χ1n) is 11.8. The van der Waals surface area contributed by atoms with Crippen LogP contribution in [-0.4, -0.2) is 46.0 Å². The van der Waals surface area contributed by atoms with Crippen molar-refractivity contribution in [3.05, 3.63) is 34.9 Å². The monoisotopic (exact) mass is 459 g/mol. The Labute approximate surface area is 198 Å². The van der Waals surface area contributed by atoms with E-state index in [1.807, 2.05) is 52.8 Å². The molecule has 184 valence electrons. The number of amides is 3. The molecule has 1 saturated carbocycles. The van der Waals surface area contributed by atoms with Gasteiger partial charge in [0.25, 0.3) is 0 Å². The summed E-state index contributed by atoms with van der Waals surface area (Å²) in [4.78, 5) is 41.2. The van der Waals surface area contributed by atoms with Crippen molar-refractivity contribution in [2.24, 2.45) is 0 Å². The van der Waals surface area contributed by atoms with Crippen molar-refractivity contribution in [2.75, 3.05) is 0 Å². The summed E-state index contributed by atoms with van der Waals surface area (Å²) in [6, 6.07) is 4.19. The lowest BCUT2D eigenvalue weighted by atomic mass is 9.87. The van der Waals surface area contributed by atoms with Crippen LogP contribution < -0.4 is 10.6 Å². The van der Waals surface area contributed by atoms with Gasteiger partial charge >= 0.3 is 6.09 Å². The van der Waals surface area contributed by atoms with Gasteiger partial charge in [0.15, 0.2) is 0 Å². The largest absolute Gasteiger partial charge is 0.444 e. The number of carbonyl (C=O) groups excluding carboxylic acids is 3. The van der Waals surface area contributed by atoms with Gasteiger partial charge in [-0.25, -0.2) is 4.79 Å². The molecule has 1 aliphatic carbocycles. The average Bonchev–Trinajstić information content (AvgIpc) is 2.58. The number of nitrogens with zero attached hydrogens (tertiary/aromatic N) is 1. The highest BCUT2D eigenvalue weighted by Gasteiger charge is 2.41. The van der Waals surface area contributed by atoms with Gasteiger partial charge in [0, 0.05) is 11.6 Å². The second kappa shape index (κ2) is 10.1. The van der Waals surface area contributed by atoms with E-state index in [1.165, 1.54) is 0 Å². The van der Waals surface area contributed by atoms with Crippen molar-refractivity contribution in [3.63, 3.8) is 0 Å². The van der Waals surface area contributed by atoms with Crippen LogP contribution in [0, 0.1) is 13.8 Å². The number of carbonyl (C=O) groups is 3. The molecular weight excluding hydrogens is 418 g/mol. The molecule has 3 amide bonds. The zero-order valence-electron chi connectivity index (χ0n) is 21.7. The Kier molecular flexibility index (Phi) is 8.20. The number of nitrogens with one attached hydrogen (secondary N) is 2. The van der Waals surface area contributed by atoms with Gasteiger partial charge in [-0.3, -0.25) is 9.59 Å². The lowest BCUT2D eigenvalue weighted by Crippen LogP contribution is -2.58. The van der Waals surface area contributed by atoms with Gasteiger partial charge in [-0.05, 0) is 98.3 Å². The van der Waals surface area contributed by atoms with E-state index in [0.717, 1.165) is 36.0 Å². The summed E-state index contributed by atoms with van der Waals surface area (Å²) in [6.45, 7) is 16.7. The highest BCUT2D eigenvalue weighted by molar-refractivity contribution is 5.92. The number of hydrogen-bond acceptors (Lipinski definition) is 4. The van der Waals surface area contributed by atoms with Crippen LogP contribution in [0.1, 0.15) is 90.5 Å². The van der Waals surface area contributed by atoms with E-state index in [2.05, 4.69) is 10.6 Å². The molecular formula is C26H41N3O4. The van der Waals surface area contributed by atoms with E-state index in [9.17, 15) is 14.4 Å². The third kappa shape index (κ3) is 7.47. The summed E-state index contributed by atoms with van der Waals surface area (Å²) in [5.41, 5.74) is 1.82. The third-order valence-electron chi connectivity index (χ3n) is 5.70. The van der Waals surface area contributed by atoms with Crippen LogP contribution >= 0.6 is 0 Å². The Morgan fingerprint density at radius 1 is 1.03 bits per heavy atom. The number of hydrogen-bond donors (Lipinski definition) is 2. The van der Waals surface area contributed by atoms with Crippen LogP contribution in [0.3, 0.4) is 0 Å². The third-order valence-corrected chi connectivity index (χ3v) is 5.70. The number of ether oxygens (including phenoxy) is 1. The predicted octanol–water partition coefficient (Wildman–Crippen LogP) is 4.55. The molecule has 0 aromatic heterocycles. The number of rotatable bonds is 6. The van der Waals surface area contributed by atoms with Crippen molar-refractivity contribution in [1.82, 2.24) is 15.5 Å². The molecule has 33 heavy (non-hydrogen) atoms. The van der Waals surface area contributed by atoms with Gasteiger partial charge < -0.3 is 20.3 Å². The average molecular weight is 460 g/mol. The lowest BCUT2D eigenvalue weighted by molar-refractivity contribution is -0.147.